The number of nitrogens with one attached hydrogen (secondary N) is 1. The highest BCUT2D eigenvalue weighted by Gasteiger charge is 2.23. The van der Waals surface area contributed by atoms with Gasteiger partial charge >= 0.3 is 6.01 Å². The van der Waals surface area contributed by atoms with Crippen molar-refractivity contribution in [3.63, 3.8) is 0 Å². The molecule has 1 aromatic heterocycles. The van der Waals surface area contributed by atoms with Crippen LogP contribution in [-0.2, 0) is 0 Å². The largest absolute Gasteiger partial charge is 0.467 e. The average Bonchev–Trinajstić information content (AvgIpc) is 2.71. The quantitative estimate of drug-likeness (QED) is 0.821. The number of hydrogen-bond acceptors (Lipinski definition) is 6. The maximum absolute atomic E-state index is 5.56. The average molecular weight is 237 g/mol. The summed E-state index contributed by atoms with van der Waals surface area (Å²) in [7, 11) is 1.51. The lowest BCUT2D eigenvalue weighted by Gasteiger charge is -2.15. The number of methoxy groups -OCH3 is 1. The molecule has 0 amide bonds. The van der Waals surface area contributed by atoms with E-state index in [4.69, 9.17) is 10.5 Å². The number of anilines is 2. The molecule has 3 N–H and O–H groups in total. The molecule has 0 saturated heterocycles. The summed E-state index contributed by atoms with van der Waals surface area (Å²) in [6.07, 6.45) is 3.90. The predicted molar refractivity (Wildman–Crippen MR) is 65.8 cm³/mol. The topological polar surface area (TPSA) is 86.0 Å². The van der Waals surface area contributed by atoms with E-state index in [9.17, 15) is 0 Å². The Balaban J connectivity index is 1.96. The van der Waals surface area contributed by atoms with E-state index < -0.39 is 0 Å². The van der Waals surface area contributed by atoms with Crippen LogP contribution in [0, 0.1) is 11.8 Å². The second kappa shape index (κ2) is 5.16. The maximum atomic E-state index is 5.56. The minimum atomic E-state index is 0.179. The van der Waals surface area contributed by atoms with Gasteiger partial charge in [-0.2, -0.15) is 15.0 Å². The monoisotopic (exact) mass is 237 g/mol. The van der Waals surface area contributed by atoms with Crippen LogP contribution in [0.3, 0.4) is 0 Å². The van der Waals surface area contributed by atoms with Gasteiger partial charge in [-0.25, -0.2) is 0 Å². The molecule has 0 bridgehead atoms. The fraction of sp³-hybridized carbons (Fsp3) is 0.727. The highest BCUT2D eigenvalue weighted by Crippen LogP contribution is 2.30. The Bertz CT molecular complexity index is 384. The van der Waals surface area contributed by atoms with Crippen molar-refractivity contribution in [2.75, 3.05) is 24.7 Å². The van der Waals surface area contributed by atoms with Gasteiger partial charge in [-0.05, 0) is 18.3 Å². The Morgan fingerprint density at radius 1 is 1.35 bits per heavy atom. The summed E-state index contributed by atoms with van der Waals surface area (Å²) in [4.78, 5) is 12.0. The third-order valence-electron chi connectivity index (χ3n) is 3.38. The molecule has 1 aliphatic carbocycles. The van der Waals surface area contributed by atoms with Gasteiger partial charge in [-0.3, -0.25) is 0 Å². The standard InChI is InChI=1S/C11H19N5O/c1-7-4-3-5-8(7)6-13-10-14-9(12)15-11(16-10)17-2/h7-8H,3-6H2,1-2H3,(H3,12,13,14,15,16). The van der Waals surface area contributed by atoms with Crippen LogP contribution in [0.15, 0.2) is 0 Å². The Kier molecular flexibility index (Phi) is 3.61. The Labute approximate surface area is 101 Å². The summed E-state index contributed by atoms with van der Waals surface area (Å²) in [6, 6.07) is 0.250. The van der Waals surface area contributed by atoms with E-state index in [1.165, 1.54) is 26.4 Å². The fourth-order valence-electron chi connectivity index (χ4n) is 2.29. The number of nitrogens with zero attached hydrogens (tertiary/aromatic N) is 3. The first kappa shape index (κ1) is 11.9. The Hall–Kier alpha value is -1.59. The second-order valence-electron chi connectivity index (χ2n) is 4.55. The van der Waals surface area contributed by atoms with Crippen molar-refractivity contribution in [2.24, 2.45) is 11.8 Å². The van der Waals surface area contributed by atoms with Gasteiger partial charge in [0.25, 0.3) is 0 Å². The number of nitrogen functional groups attached to an aromatic ring is 1. The Morgan fingerprint density at radius 3 is 2.82 bits per heavy atom. The molecule has 1 aliphatic rings. The number of rotatable bonds is 4. The molecule has 2 atom stereocenters. The third kappa shape index (κ3) is 2.95. The van der Waals surface area contributed by atoms with Crippen LogP contribution >= 0.6 is 0 Å². The molecular formula is C11H19N5O. The normalized spacial score (nSPS) is 23.6. The van der Waals surface area contributed by atoms with E-state index in [1.54, 1.807) is 0 Å². The molecule has 2 rings (SSSR count). The molecule has 2 unspecified atom stereocenters. The summed E-state index contributed by atoms with van der Waals surface area (Å²) in [5.41, 5.74) is 5.56. The lowest BCUT2D eigenvalue weighted by molar-refractivity contribution is 0.379. The molecular weight excluding hydrogens is 218 g/mol. The number of ether oxygens (including phenoxy) is 1. The zero-order chi connectivity index (χ0) is 12.3. The maximum Gasteiger partial charge on any atom is 0.322 e. The first-order valence-corrected chi connectivity index (χ1v) is 5.98. The van der Waals surface area contributed by atoms with Gasteiger partial charge in [-0.15, -0.1) is 0 Å². The van der Waals surface area contributed by atoms with Crippen molar-refractivity contribution in [3.05, 3.63) is 0 Å². The van der Waals surface area contributed by atoms with Crippen molar-refractivity contribution in [2.45, 2.75) is 26.2 Å². The van der Waals surface area contributed by atoms with Gasteiger partial charge in [0.1, 0.15) is 0 Å². The van der Waals surface area contributed by atoms with Crippen LogP contribution < -0.4 is 15.8 Å². The lowest BCUT2D eigenvalue weighted by atomic mass is 9.98. The van der Waals surface area contributed by atoms with E-state index in [1.807, 2.05) is 0 Å². The summed E-state index contributed by atoms with van der Waals surface area (Å²) < 4.78 is 4.95. The molecule has 94 valence electrons. The number of aromatic nitrogens is 3. The third-order valence-corrected chi connectivity index (χ3v) is 3.38. The summed E-state index contributed by atoms with van der Waals surface area (Å²) in [5.74, 6) is 2.13. The van der Waals surface area contributed by atoms with Crippen LogP contribution in [0.4, 0.5) is 11.9 Å². The summed E-state index contributed by atoms with van der Waals surface area (Å²) in [5, 5.41) is 3.21. The lowest BCUT2D eigenvalue weighted by Crippen LogP contribution is -2.18. The van der Waals surface area contributed by atoms with Crippen LogP contribution in [0.1, 0.15) is 26.2 Å². The fourth-order valence-corrected chi connectivity index (χ4v) is 2.29. The smallest absolute Gasteiger partial charge is 0.322 e. The van der Waals surface area contributed by atoms with Crippen LogP contribution in [0.25, 0.3) is 0 Å². The van der Waals surface area contributed by atoms with E-state index in [0.29, 0.717) is 11.9 Å². The molecule has 17 heavy (non-hydrogen) atoms. The van der Waals surface area contributed by atoms with Crippen LogP contribution in [0.5, 0.6) is 6.01 Å². The van der Waals surface area contributed by atoms with Crippen molar-refractivity contribution < 1.29 is 4.74 Å². The molecule has 0 aromatic carbocycles. The van der Waals surface area contributed by atoms with Gasteiger partial charge in [0.05, 0.1) is 7.11 Å². The predicted octanol–water partition coefficient (Wildman–Crippen LogP) is 1.31. The minimum absolute atomic E-state index is 0.179. The zero-order valence-corrected chi connectivity index (χ0v) is 10.3. The summed E-state index contributed by atoms with van der Waals surface area (Å²) in [6.45, 7) is 3.18. The Morgan fingerprint density at radius 2 is 2.18 bits per heavy atom. The molecule has 6 heteroatoms. The van der Waals surface area contributed by atoms with Gasteiger partial charge < -0.3 is 15.8 Å². The van der Waals surface area contributed by atoms with Crippen LogP contribution in [-0.4, -0.2) is 28.6 Å². The molecule has 6 nitrogen and oxygen atoms in total. The van der Waals surface area contributed by atoms with Crippen molar-refractivity contribution >= 4 is 11.9 Å². The minimum Gasteiger partial charge on any atom is -0.467 e. The van der Waals surface area contributed by atoms with E-state index in [2.05, 4.69) is 27.2 Å². The molecule has 0 spiro atoms. The number of nitrogens with two attached hydrogens (primary N) is 1. The van der Waals surface area contributed by atoms with Crippen molar-refractivity contribution in [1.29, 1.82) is 0 Å². The van der Waals surface area contributed by atoms with Gasteiger partial charge in [-0.1, -0.05) is 19.8 Å². The number of hydrogen-bond donors (Lipinski definition) is 2. The van der Waals surface area contributed by atoms with E-state index in [0.717, 1.165) is 12.5 Å². The first-order valence-electron chi connectivity index (χ1n) is 5.98. The zero-order valence-electron chi connectivity index (χ0n) is 10.3. The van der Waals surface area contributed by atoms with Crippen molar-refractivity contribution in [1.82, 2.24) is 15.0 Å². The second-order valence-corrected chi connectivity index (χ2v) is 4.55. The first-order chi connectivity index (χ1) is 8.19. The summed E-state index contributed by atoms with van der Waals surface area (Å²) >= 11 is 0. The molecule has 1 heterocycles. The van der Waals surface area contributed by atoms with E-state index >= 15 is 0 Å². The van der Waals surface area contributed by atoms with Crippen LogP contribution in [0.2, 0.25) is 0 Å². The molecule has 1 saturated carbocycles. The molecule has 0 radical (unpaired) electrons. The molecule has 1 fully saturated rings. The highest BCUT2D eigenvalue weighted by atomic mass is 16.5. The van der Waals surface area contributed by atoms with Gasteiger partial charge in [0.15, 0.2) is 0 Å². The van der Waals surface area contributed by atoms with Gasteiger partial charge in [0.2, 0.25) is 11.9 Å². The van der Waals surface area contributed by atoms with Crippen molar-refractivity contribution in [3.8, 4) is 6.01 Å². The SMILES string of the molecule is COc1nc(N)nc(NCC2CCCC2C)n1. The molecule has 1 aromatic rings. The van der Waals surface area contributed by atoms with E-state index in [-0.39, 0.29) is 12.0 Å². The highest BCUT2D eigenvalue weighted by molar-refractivity contribution is 5.32. The van der Waals surface area contributed by atoms with Gasteiger partial charge in [0, 0.05) is 6.54 Å². The molecule has 0 aliphatic heterocycles.